The van der Waals surface area contributed by atoms with Crippen LogP contribution in [0.3, 0.4) is 0 Å². The van der Waals surface area contributed by atoms with E-state index in [0.717, 1.165) is 0 Å². The first-order valence-corrected chi connectivity index (χ1v) is 6.18. The molecule has 0 aliphatic carbocycles. The predicted molar refractivity (Wildman–Crippen MR) is 68.9 cm³/mol. The molecule has 0 radical (unpaired) electrons. The van der Waals surface area contributed by atoms with Gasteiger partial charge in [-0.05, 0) is 5.56 Å². The molecule has 0 saturated carbocycles. The van der Waals surface area contributed by atoms with Gasteiger partial charge in [0.05, 0.1) is 0 Å². The maximum atomic E-state index is 11.8. The van der Waals surface area contributed by atoms with Gasteiger partial charge < -0.3 is 20.4 Å². The van der Waals surface area contributed by atoms with Crippen molar-refractivity contribution in [3.05, 3.63) is 34.2 Å². The van der Waals surface area contributed by atoms with E-state index in [1.807, 2.05) is 5.32 Å². The molecule has 0 unspecified atom stereocenters. The van der Waals surface area contributed by atoms with Crippen molar-refractivity contribution >= 4 is 12.0 Å². The third kappa shape index (κ3) is 7.92. The Balaban J connectivity index is 2.16. The minimum absolute atomic E-state index is 0.121. The molecule has 1 aromatic heterocycles. The van der Waals surface area contributed by atoms with Crippen molar-refractivity contribution in [1.29, 1.82) is 0 Å². The van der Waals surface area contributed by atoms with Gasteiger partial charge >= 0.3 is 12.3 Å². The van der Waals surface area contributed by atoms with Gasteiger partial charge in [0.15, 0.2) is 6.61 Å². The number of aromatic nitrogens is 1. The van der Waals surface area contributed by atoms with Gasteiger partial charge in [0.1, 0.15) is 0 Å². The van der Waals surface area contributed by atoms with Crippen molar-refractivity contribution in [3.63, 3.8) is 0 Å². The van der Waals surface area contributed by atoms with E-state index in [4.69, 9.17) is 0 Å². The lowest BCUT2D eigenvalue weighted by Gasteiger charge is -2.09. The summed E-state index contributed by atoms with van der Waals surface area (Å²) in [6.07, 6.45) is -4.52. The van der Waals surface area contributed by atoms with Crippen molar-refractivity contribution in [2.45, 2.75) is 19.1 Å². The Morgan fingerprint density at radius 1 is 1.23 bits per heavy atom. The van der Waals surface area contributed by atoms with Crippen LogP contribution in [0.5, 0.6) is 0 Å². The Bertz CT molecular complexity index is 551. The number of ether oxygens (including phenoxy) is 1. The van der Waals surface area contributed by atoms with E-state index in [2.05, 4.69) is 15.0 Å². The van der Waals surface area contributed by atoms with Gasteiger partial charge in [-0.15, -0.1) is 0 Å². The first-order valence-electron chi connectivity index (χ1n) is 6.18. The SMILES string of the molecule is O=C(CCNC(=O)OCC(F)(F)F)NCc1ccc(=O)[nH]c1. The van der Waals surface area contributed by atoms with Crippen LogP contribution < -0.4 is 16.2 Å². The Hall–Kier alpha value is -2.52. The molecular weight excluding hydrogens is 307 g/mol. The molecule has 1 heterocycles. The summed E-state index contributed by atoms with van der Waals surface area (Å²) in [6, 6.07) is 2.84. The quantitative estimate of drug-likeness (QED) is 0.717. The fraction of sp³-hybridized carbons (Fsp3) is 0.417. The van der Waals surface area contributed by atoms with Crippen molar-refractivity contribution < 1.29 is 27.5 Å². The largest absolute Gasteiger partial charge is 0.440 e. The monoisotopic (exact) mass is 321 g/mol. The zero-order valence-electron chi connectivity index (χ0n) is 11.3. The molecule has 2 amide bonds. The molecule has 7 nitrogen and oxygen atoms in total. The Kier molecular flexibility index (Phi) is 6.42. The molecule has 0 aliphatic rings. The number of alkyl halides is 3. The molecule has 0 spiro atoms. The first kappa shape index (κ1) is 17.5. The number of carbonyl (C=O) groups is 2. The van der Waals surface area contributed by atoms with Crippen LogP contribution in [0.4, 0.5) is 18.0 Å². The van der Waals surface area contributed by atoms with E-state index < -0.39 is 24.8 Å². The fourth-order valence-electron chi connectivity index (χ4n) is 1.32. The van der Waals surface area contributed by atoms with Crippen LogP contribution in [0.15, 0.2) is 23.1 Å². The van der Waals surface area contributed by atoms with Crippen LogP contribution in [0, 0.1) is 0 Å². The lowest BCUT2D eigenvalue weighted by molar-refractivity contribution is -0.160. The molecule has 1 rings (SSSR count). The van der Waals surface area contributed by atoms with E-state index in [1.54, 1.807) is 0 Å². The molecule has 122 valence electrons. The summed E-state index contributed by atoms with van der Waals surface area (Å²) in [5.74, 6) is -0.415. The number of nitrogens with one attached hydrogen (secondary N) is 3. The van der Waals surface area contributed by atoms with Crippen LogP contribution in [0.1, 0.15) is 12.0 Å². The van der Waals surface area contributed by atoms with E-state index in [1.165, 1.54) is 18.3 Å². The highest BCUT2D eigenvalue weighted by Gasteiger charge is 2.29. The van der Waals surface area contributed by atoms with Crippen molar-refractivity contribution in [2.24, 2.45) is 0 Å². The van der Waals surface area contributed by atoms with E-state index >= 15 is 0 Å². The van der Waals surface area contributed by atoms with Gasteiger partial charge in [0, 0.05) is 31.8 Å². The average molecular weight is 321 g/mol. The van der Waals surface area contributed by atoms with Gasteiger partial charge in [0.2, 0.25) is 11.5 Å². The van der Waals surface area contributed by atoms with Crippen molar-refractivity contribution in [2.75, 3.05) is 13.2 Å². The minimum Gasteiger partial charge on any atom is -0.440 e. The summed E-state index contributed by atoms with van der Waals surface area (Å²) in [6.45, 7) is -1.67. The first-order chi connectivity index (χ1) is 10.3. The van der Waals surface area contributed by atoms with Crippen LogP contribution >= 0.6 is 0 Å². The number of carbonyl (C=O) groups excluding carboxylic acids is 2. The summed E-state index contributed by atoms with van der Waals surface area (Å²) in [4.78, 5) is 35.6. The minimum atomic E-state index is -4.59. The lowest BCUT2D eigenvalue weighted by atomic mass is 10.3. The smallest absolute Gasteiger partial charge is 0.422 e. The number of H-pyrrole nitrogens is 1. The molecule has 3 N–H and O–H groups in total. The molecule has 0 saturated heterocycles. The maximum absolute atomic E-state index is 11.8. The highest BCUT2D eigenvalue weighted by molar-refractivity contribution is 5.76. The number of aromatic amines is 1. The Labute approximate surface area is 122 Å². The fourth-order valence-corrected chi connectivity index (χ4v) is 1.32. The van der Waals surface area contributed by atoms with Crippen LogP contribution in [-0.2, 0) is 16.1 Å². The average Bonchev–Trinajstić information content (AvgIpc) is 2.44. The second-order valence-corrected chi connectivity index (χ2v) is 4.21. The number of amides is 2. The zero-order chi connectivity index (χ0) is 16.6. The van der Waals surface area contributed by atoms with Crippen molar-refractivity contribution in [3.8, 4) is 0 Å². The van der Waals surface area contributed by atoms with Crippen LogP contribution in [-0.4, -0.2) is 36.3 Å². The normalized spacial score (nSPS) is 10.9. The Morgan fingerprint density at radius 2 is 1.95 bits per heavy atom. The molecule has 1 aromatic rings. The van der Waals surface area contributed by atoms with E-state index in [9.17, 15) is 27.6 Å². The molecule has 0 atom stereocenters. The van der Waals surface area contributed by atoms with Gasteiger partial charge in [0.25, 0.3) is 0 Å². The standard InChI is InChI=1S/C12H14F3N3O4/c13-12(14,15)7-22-11(21)16-4-3-10(20)18-6-8-1-2-9(19)17-5-8/h1-2,5H,3-4,6-7H2,(H,16,21)(H,17,19)(H,18,20). The third-order valence-corrected chi connectivity index (χ3v) is 2.33. The van der Waals surface area contributed by atoms with Gasteiger partial charge in [-0.1, -0.05) is 6.07 Å². The second-order valence-electron chi connectivity index (χ2n) is 4.21. The second kappa shape index (κ2) is 8.05. The summed E-state index contributed by atoms with van der Waals surface area (Å²) >= 11 is 0. The number of hydrogen-bond donors (Lipinski definition) is 3. The molecule has 22 heavy (non-hydrogen) atoms. The predicted octanol–water partition coefficient (Wildman–Crippen LogP) is 0.670. The summed E-state index contributed by atoms with van der Waals surface area (Å²) < 4.78 is 39.2. The molecular formula is C12H14F3N3O4. The molecule has 0 fully saturated rings. The molecule has 0 bridgehead atoms. The van der Waals surface area contributed by atoms with Crippen LogP contribution in [0.2, 0.25) is 0 Å². The zero-order valence-corrected chi connectivity index (χ0v) is 11.3. The third-order valence-electron chi connectivity index (χ3n) is 2.33. The number of pyridine rings is 1. The highest BCUT2D eigenvalue weighted by Crippen LogP contribution is 2.14. The summed E-state index contributed by atoms with van der Waals surface area (Å²) in [7, 11) is 0. The molecule has 10 heteroatoms. The number of rotatable bonds is 6. The number of alkyl carbamates (subject to hydrolysis) is 1. The van der Waals surface area contributed by atoms with Gasteiger partial charge in [-0.25, -0.2) is 4.79 Å². The summed E-state index contributed by atoms with van der Waals surface area (Å²) in [5, 5.41) is 4.54. The maximum Gasteiger partial charge on any atom is 0.422 e. The topological polar surface area (TPSA) is 100 Å². The van der Waals surface area contributed by atoms with Crippen molar-refractivity contribution in [1.82, 2.24) is 15.6 Å². The highest BCUT2D eigenvalue weighted by atomic mass is 19.4. The molecule has 0 aromatic carbocycles. The van der Waals surface area contributed by atoms with Crippen LogP contribution in [0.25, 0.3) is 0 Å². The van der Waals surface area contributed by atoms with E-state index in [0.29, 0.717) is 5.56 Å². The number of halogens is 3. The molecule has 0 aliphatic heterocycles. The summed E-state index contributed by atoms with van der Waals surface area (Å²) in [5.41, 5.74) is 0.405. The van der Waals surface area contributed by atoms with E-state index in [-0.39, 0.29) is 25.1 Å². The van der Waals surface area contributed by atoms with Gasteiger partial charge in [-0.3, -0.25) is 9.59 Å². The lowest BCUT2D eigenvalue weighted by Crippen LogP contribution is -2.32. The van der Waals surface area contributed by atoms with Gasteiger partial charge in [-0.2, -0.15) is 13.2 Å². The number of hydrogen-bond acceptors (Lipinski definition) is 4. The Morgan fingerprint density at radius 3 is 2.55 bits per heavy atom.